The van der Waals surface area contributed by atoms with Gasteiger partial charge in [0.2, 0.25) is 0 Å². The van der Waals surface area contributed by atoms with Crippen molar-refractivity contribution in [1.29, 1.82) is 0 Å². The molecular formula is C17H15NO5S. The van der Waals surface area contributed by atoms with E-state index in [-0.39, 0.29) is 16.0 Å². The van der Waals surface area contributed by atoms with E-state index in [0.29, 0.717) is 5.06 Å². The highest BCUT2D eigenvalue weighted by Crippen LogP contribution is 2.25. The first-order valence-electron chi connectivity index (χ1n) is 7.45. The smallest absolute Gasteiger partial charge is 0.266 e. The number of hydrogen-bond acceptors (Lipinski definition) is 5. The molecule has 0 bridgehead atoms. The number of carbonyl (C=O) groups is 2. The van der Waals surface area contributed by atoms with Crippen molar-refractivity contribution in [2.75, 3.05) is 0 Å². The Hall–Kier alpha value is -2.51. The van der Waals surface area contributed by atoms with Gasteiger partial charge in [0, 0.05) is 0 Å². The van der Waals surface area contributed by atoms with Crippen molar-refractivity contribution in [3.8, 4) is 0 Å². The zero-order valence-electron chi connectivity index (χ0n) is 12.9. The molecule has 0 saturated carbocycles. The third-order valence-corrected chi connectivity index (χ3v) is 4.87. The number of imide groups is 1. The molecule has 2 amide bonds. The van der Waals surface area contributed by atoms with Crippen molar-refractivity contribution >= 4 is 21.9 Å². The molecule has 0 unspecified atom stereocenters. The van der Waals surface area contributed by atoms with Crippen LogP contribution in [0.4, 0.5) is 0 Å². The Labute approximate surface area is 139 Å². The number of nitrogens with zero attached hydrogens (tertiary/aromatic N) is 1. The van der Waals surface area contributed by atoms with Gasteiger partial charge in [-0.1, -0.05) is 37.6 Å². The van der Waals surface area contributed by atoms with Crippen LogP contribution in [0.1, 0.15) is 39.6 Å². The molecule has 7 heteroatoms. The van der Waals surface area contributed by atoms with E-state index in [1.807, 2.05) is 6.92 Å². The summed E-state index contributed by atoms with van der Waals surface area (Å²) in [6, 6.07) is 12.3. The Bertz CT molecular complexity index is 868. The predicted octanol–water partition coefficient (Wildman–Crippen LogP) is 2.56. The molecule has 2 aromatic rings. The molecule has 124 valence electrons. The summed E-state index contributed by atoms with van der Waals surface area (Å²) in [5, 5.41) is 0.292. The molecule has 24 heavy (non-hydrogen) atoms. The second-order valence-corrected chi connectivity index (χ2v) is 6.90. The number of rotatable bonds is 5. The van der Waals surface area contributed by atoms with Crippen molar-refractivity contribution in [3.05, 3.63) is 65.2 Å². The quantitative estimate of drug-likeness (QED) is 0.778. The first-order valence-corrected chi connectivity index (χ1v) is 8.86. The van der Waals surface area contributed by atoms with Gasteiger partial charge in [0.05, 0.1) is 16.0 Å². The second kappa shape index (κ2) is 6.18. The van der Waals surface area contributed by atoms with Gasteiger partial charge in [-0.05, 0) is 36.2 Å². The number of fused-ring (bicyclic) bond motifs is 1. The van der Waals surface area contributed by atoms with Crippen molar-refractivity contribution in [3.63, 3.8) is 0 Å². The monoisotopic (exact) mass is 345 g/mol. The van der Waals surface area contributed by atoms with E-state index in [1.165, 1.54) is 24.3 Å². The van der Waals surface area contributed by atoms with E-state index in [0.717, 1.165) is 18.4 Å². The average Bonchev–Trinajstić information content (AvgIpc) is 2.81. The molecular weight excluding hydrogens is 330 g/mol. The molecule has 2 aromatic carbocycles. The lowest BCUT2D eigenvalue weighted by molar-refractivity contribution is -0.0103. The first-order chi connectivity index (χ1) is 11.4. The summed E-state index contributed by atoms with van der Waals surface area (Å²) >= 11 is 0. The lowest BCUT2D eigenvalue weighted by atomic mass is 10.1. The molecule has 0 aliphatic carbocycles. The van der Waals surface area contributed by atoms with Gasteiger partial charge >= 0.3 is 10.1 Å². The van der Waals surface area contributed by atoms with Gasteiger partial charge in [0.1, 0.15) is 0 Å². The second-order valence-electron chi connectivity index (χ2n) is 5.37. The van der Waals surface area contributed by atoms with Gasteiger partial charge in [-0.3, -0.25) is 9.59 Å². The van der Waals surface area contributed by atoms with E-state index in [2.05, 4.69) is 0 Å². The van der Waals surface area contributed by atoms with Crippen LogP contribution in [0.25, 0.3) is 0 Å². The van der Waals surface area contributed by atoms with E-state index in [9.17, 15) is 18.0 Å². The van der Waals surface area contributed by atoms with Crippen LogP contribution >= 0.6 is 0 Å². The fraction of sp³-hybridized carbons (Fsp3) is 0.176. The van der Waals surface area contributed by atoms with Gasteiger partial charge in [0.15, 0.2) is 0 Å². The molecule has 3 rings (SSSR count). The highest BCUT2D eigenvalue weighted by atomic mass is 32.2. The molecule has 1 aliphatic rings. The number of amides is 2. The van der Waals surface area contributed by atoms with Crippen molar-refractivity contribution < 1.29 is 22.3 Å². The number of hydroxylamine groups is 2. The third kappa shape index (κ3) is 2.83. The fourth-order valence-corrected chi connectivity index (χ4v) is 3.37. The minimum Gasteiger partial charge on any atom is -0.266 e. The largest absolute Gasteiger partial charge is 0.318 e. The maximum absolute atomic E-state index is 12.3. The zero-order chi connectivity index (χ0) is 17.3. The summed E-state index contributed by atoms with van der Waals surface area (Å²) in [5.41, 5.74) is 1.24. The standard InChI is InChI=1S/C17H15NO5S/c1-2-5-12-8-10-13(11-9-12)24(21,22)23-18-16(19)14-6-3-4-7-15(14)17(18)20/h3-4,6-11H,2,5H2,1H3. The van der Waals surface area contributed by atoms with E-state index < -0.39 is 21.9 Å². The maximum Gasteiger partial charge on any atom is 0.318 e. The molecule has 0 radical (unpaired) electrons. The number of aryl methyl sites for hydroxylation is 1. The van der Waals surface area contributed by atoms with Crippen molar-refractivity contribution in [1.82, 2.24) is 5.06 Å². The Kier molecular flexibility index (Phi) is 4.21. The van der Waals surface area contributed by atoms with E-state index in [1.54, 1.807) is 24.3 Å². The van der Waals surface area contributed by atoms with Gasteiger partial charge in [-0.15, -0.1) is 9.35 Å². The molecule has 1 aliphatic heterocycles. The Morgan fingerprint density at radius 3 is 1.96 bits per heavy atom. The minimum absolute atomic E-state index is 0.112. The summed E-state index contributed by atoms with van der Waals surface area (Å²) in [4.78, 5) is 24.2. The molecule has 0 fully saturated rings. The number of carbonyl (C=O) groups excluding carboxylic acids is 2. The van der Waals surface area contributed by atoms with Gasteiger partial charge in [-0.25, -0.2) is 0 Å². The van der Waals surface area contributed by atoms with Crippen LogP contribution in [0.5, 0.6) is 0 Å². The zero-order valence-corrected chi connectivity index (χ0v) is 13.7. The molecule has 0 spiro atoms. The number of hydrogen-bond donors (Lipinski definition) is 0. The lowest BCUT2D eigenvalue weighted by Crippen LogP contribution is -2.32. The summed E-state index contributed by atoms with van der Waals surface area (Å²) in [6.45, 7) is 2.02. The van der Waals surface area contributed by atoms with Crippen LogP contribution in [0, 0.1) is 0 Å². The third-order valence-electron chi connectivity index (χ3n) is 3.68. The van der Waals surface area contributed by atoms with E-state index in [4.69, 9.17) is 4.28 Å². The van der Waals surface area contributed by atoms with Crippen LogP contribution in [0.3, 0.4) is 0 Å². The molecule has 0 N–H and O–H groups in total. The van der Waals surface area contributed by atoms with Gasteiger partial charge in [0.25, 0.3) is 11.8 Å². The predicted molar refractivity (Wildman–Crippen MR) is 85.6 cm³/mol. The van der Waals surface area contributed by atoms with Crippen LogP contribution in [0.2, 0.25) is 0 Å². The van der Waals surface area contributed by atoms with Crippen LogP contribution in [0.15, 0.2) is 53.4 Å². The molecule has 1 heterocycles. The summed E-state index contributed by atoms with van der Waals surface area (Å²) < 4.78 is 29.5. The normalized spacial score (nSPS) is 14.1. The molecule has 0 aromatic heterocycles. The fourth-order valence-electron chi connectivity index (χ4n) is 2.49. The summed E-state index contributed by atoms with van der Waals surface area (Å²) in [6.07, 6.45) is 1.78. The SMILES string of the molecule is CCCc1ccc(S(=O)(=O)ON2C(=O)c3ccccc3C2=O)cc1. The van der Waals surface area contributed by atoms with Crippen LogP contribution < -0.4 is 0 Å². The Morgan fingerprint density at radius 2 is 1.46 bits per heavy atom. The van der Waals surface area contributed by atoms with Gasteiger partial charge in [-0.2, -0.15) is 8.42 Å². The van der Waals surface area contributed by atoms with Crippen molar-refractivity contribution in [2.45, 2.75) is 24.7 Å². The minimum atomic E-state index is -4.27. The highest BCUT2D eigenvalue weighted by Gasteiger charge is 2.39. The van der Waals surface area contributed by atoms with Gasteiger partial charge < -0.3 is 0 Å². The molecule has 6 nitrogen and oxygen atoms in total. The molecule has 0 saturated heterocycles. The van der Waals surface area contributed by atoms with Crippen LogP contribution in [-0.2, 0) is 20.8 Å². The van der Waals surface area contributed by atoms with Crippen molar-refractivity contribution in [2.24, 2.45) is 0 Å². The average molecular weight is 345 g/mol. The highest BCUT2D eigenvalue weighted by molar-refractivity contribution is 7.86. The lowest BCUT2D eigenvalue weighted by Gasteiger charge is -2.13. The Balaban J connectivity index is 1.85. The topological polar surface area (TPSA) is 80.8 Å². The molecule has 0 atom stereocenters. The maximum atomic E-state index is 12.3. The number of benzene rings is 2. The van der Waals surface area contributed by atoms with Crippen LogP contribution in [-0.4, -0.2) is 25.3 Å². The summed E-state index contributed by atoms with van der Waals surface area (Å²) in [7, 11) is -4.27. The van der Waals surface area contributed by atoms with E-state index >= 15 is 0 Å². The summed E-state index contributed by atoms with van der Waals surface area (Å²) in [5.74, 6) is -1.58. The first kappa shape index (κ1) is 16.4. The Morgan fingerprint density at radius 1 is 0.917 bits per heavy atom.